The minimum atomic E-state index is -0.165. The van der Waals surface area contributed by atoms with Crippen molar-refractivity contribution in [1.29, 1.82) is 0 Å². The molecule has 1 fully saturated rings. The summed E-state index contributed by atoms with van der Waals surface area (Å²) in [4.78, 5) is 11.4. The van der Waals surface area contributed by atoms with E-state index in [0.717, 1.165) is 32.4 Å². The van der Waals surface area contributed by atoms with Gasteiger partial charge in [-0.2, -0.15) is 0 Å². The van der Waals surface area contributed by atoms with Crippen LogP contribution in [0.2, 0.25) is 0 Å². The number of unbranched alkanes of at least 4 members (excludes halogenated alkanes) is 2. The Balaban J connectivity index is 2.03. The Bertz CT molecular complexity index is 153. The van der Waals surface area contributed by atoms with E-state index in [9.17, 15) is 4.79 Å². The Hall–Kier alpha value is -0.570. The van der Waals surface area contributed by atoms with Crippen LogP contribution in [0.25, 0.3) is 0 Å². The molecule has 0 aromatic carbocycles. The summed E-state index contributed by atoms with van der Waals surface area (Å²) in [7, 11) is 0. The quantitative estimate of drug-likeness (QED) is 0.659. The predicted octanol–water partition coefficient (Wildman–Crippen LogP) is 1.47. The third-order valence-corrected chi connectivity index (χ3v) is 2.30. The zero-order valence-electron chi connectivity index (χ0n) is 8.34. The van der Waals surface area contributed by atoms with Crippen molar-refractivity contribution in [2.45, 2.75) is 45.1 Å². The lowest BCUT2D eigenvalue weighted by atomic mass is 10.2. The molecule has 0 saturated carbocycles. The van der Waals surface area contributed by atoms with Gasteiger partial charge in [-0.25, -0.2) is 0 Å². The second kappa shape index (κ2) is 5.97. The maximum absolute atomic E-state index is 11.4. The van der Waals surface area contributed by atoms with E-state index in [4.69, 9.17) is 4.74 Å². The van der Waals surface area contributed by atoms with E-state index in [-0.39, 0.29) is 12.0 Å². The number of hydrogen-bond acceptors (Lipinski definition) is 2. The monoisotopic (exact) mass is 185 g/mol. The molecule has 0 spiro atoms. The molecule has 76 valence electrons. The smallest absolute Gasteiger partial charge is 0.249 e. The molecular formula is C10H19NO2. The fourth-order valence-corrected chi connectivity index (χ4v) is 1.48. The Kier molecular flexibility index (Phi) is 4.83. The summed E-state index contributed by atoms with van der Waals surface area (Å²) < 4.78 is 5.26. The van der Waals surface area contributed by atoms with Crippen molar-refractivity contribution in [1.82, 2.24) is 5.32 Å². The summed E-state index contributed by atoms with van der Waals surface area (Å²) in [5.41, 5.74) is 0. The Morgan fingerprint density at radius 1 is 1.54 bits per heavy atom. The third kappa shape index (κ3) is 3.77. The minimum Gasteiger partial charge on any atom is -0.368 e. The first-order valence-corrected chi connectivity index (χ1v) is 5.24. The number of carbonyl (C=O) groups excluding carboxylic acids is 1. The van der Waals surface area contributed by atoms with Gasteiger partial charge in [0.2, 0.25) is 5.91 Å². The fourth-order valence-electron chi connectivity index (χ4n) is 1.48. The van der Waals surface area contributed by atoms with Gasteiger partial charge in [0.25, 0.3) is 0 Å². The summed E-state index contributed by atoms with van der Waals surface area (Å²) >= 11 is 0. The van der Waals surface area contributed by atoms with Crippen molar-refractivity contribution in [3.8, 4) is 0 Å². The number of hydrogen-bond donors (Lipinski definition) is 1. The van der Waals surface area contributed by atoms with E-state index in [2.05, 4.69) is 12.2 Å². The number of carbonyl (C=O) groups is 1. The summed E-state index contributed by atoms with van der Waals surface area (Å²) in [6, 6.07) is 0. The van der Waals surface area contributed by atoms with Crippen LogP contribution in [0.5, 0.6) is 0 Å². The lowest BCUT2D eigenvalue weighted by Gasteiger charge is -2.09. The summed E-state index contributed by atoms with van der Waals surface area (Å²) in [6.45, 7) is 3.70. The molecule has 1 aliphatic heterocycles. The standard InChI is InChI=1S/C10H19NO2/c1-2-3-4-7-11-10(12)9-6-5-8-13-9/h9H,2-8H2,1H3,(H,11,12)/t9-/m1/s1. The van der Waals surface area contributed by atoms with Crippen LogP contribution in [-0.4, -0.2) is 25.2 Å². The average molecular weight is 185 g/mol. The van der Waals surface area contributed by atoms with Crippen LogP contribution in [0, 0.1) is 0 Å². The van der Waals surface area contributed by atoms with Crippen molar-refractivity contribution in [2.24, 2.45) is 0 Å². The molecule has 1 amide bonds. The first kappa shape index (κ1) is 10.5. The third-order valence-electron chi connectivity index (χ3n) is 2.30. The summed E-state index contributed by atoms with van der Waals surface area (Å²) in [6.07, 6.45) is 5.20. The van der Waals surface area contributed by atoms with Gasteiger partial charge in [-0.15, -0.1) is 0 Å². The average Bonchev–Trinajstić information content (AvgIpc) is 2.65. The second-order valence-electron chi connectivity index (χ2n) is 3.50. The van der Waals surface area contributed by atoms with E-state index in [1.807, 2.05) is 0 Å². The highest BCUT2D eigenvalue weighted by molar-refractivity contribution is 5.80. The topological polar surface area (TPSA) is 38.3 Å². The highest BCUT2D eigenvalue weighted by Crippen LogP contribution is 2.11. The summed E-state index contributed by atoms with van der Waals surface area (Å²) in [5, 5.41) is 2.90. The molecule has 1 heterocycles. The van der Waals surface area contributed by atoms with Gasteiger partial charge in [0.05, 0.1) is 0 Å². The lowest BCUT2D eigenvalue weighted by molar-refractivity contribution is -0.130. The van der Waals surface area contributed by atoms with Gasteiger partial charge in [0.1, 0.15) is 6.10 Å². The zero-order chi connectivity index (χ0) is 9.52. The number of rotatable bonds is 5. The van der Waals surface area contributed by atoms with Crippen LogP contribution in [0.15, 0.2) is 0 Å². The molecule has 1 N–H and O–H groups in total. The molecule has 0 aromatic rings. The first-order valence-electron chi connectivity index (χ1n) is 5.24. The molecule has 1 atom stereocenters. The molecule has 1 aliphatic rings. The fraction of sp³-hybridized carbons (Fsp3) is 0.900. The molecule has 0 aromatic heterocycles. The Labute approximate surface area is 79.8 Å². The molecule has 3 nitrogen and oxygen atoms in total. The SMILES string of the molecule is CCCCCNC(=O)[C@H]1CCCO1. The lowest BCUT2D eigenvalue weighted by Crippen LogP contribution is -2.34. The van der Waals surface area contributed by atoms with E-state index < -0.39 is 0 Å². The predicted molar refractivity (Wildman–Crippen MR) is 51.5 cm³/mol. The normalized spacial score (nSPS) is 21.8. The molecular weight excluding hydrogens is 166 g/mol. The van der Waals surface area contributed by atoms with Crippen LogP contribution in [0.3, 0.4) is 0 Å². The van der Waals surface area contributed by atoms with Gasteiger partial charge in [-0.05, 0) is 19.3 Å². The van der Waals surface area contributed by atoms with Gasteiger partial charge in [-0.1, -0.05) is 19.8 Å². The maximum Gasteiger partial charge on any atom is 0.249 e. The van der Waals surface area contributed by atoms with Crippen molar-refractivity contribution in [3.05, 3.63) is 0 Å². The van der Waals surface area contributed by atoms with Gasteiger partial charge in [-0.3, -0.25) is 4.79 Å². The highest BCUT2D eigenvalue weighted by atomic mass is 16.5. The molecule has 0 radical (unpaired) electrons. The van der Waals surface area contributed by atoms with Crippen LogP contribution in [0.4, 0.5) is 0 Å². The van der Waals surface area contributed by atoms with Crippen LogP contribution in [-0.2, 0) is 9.53 Å². The first-order chi connectivity index (χ1) is 6.34. The molecule has 0 bridgehead atoms. The molecule has 0 aliphatic carbocycles. The maximum atomic E-state index is 11.4. The van der Waals surface area contributed by atoms with E-state index in [1.54, 1.807) is 0 Å². The van der Waals surface area contributed by atoms with Crippen molar-refractivity contribution < 1.29 is 9.53 Å². The highest BCUT2D eigenvalue weighted by Gasteiger charge is 2.22. The van der Waals surface area contributed by atoms with Crippen LogP contribution in [0.1, 0.15) is 39.0 Å². The number of nitrogens with one attached hydrogen (secondary N) is 1. The van der Waals surface area contributed by atoms with E-state index in [0.29, 0.717) is 0 Å². The van der Waals surface area contributed by atoms with Crippen LogP contribution < -0.4 is 5.32 Å². The minimum absolute atomic E-state index is 0.0774. The Morgan fingerprint density at radius 2 is 2.38 bits per heavy atom. The van der Waals surface area contributed by atoms with Crippen molar-refractivity contribution in [2.75, 3.05) is 13.2 Å². The molecule has 13 heavy (non-hydrogen) atoms. The molecule has 1 saturated heterocycles. The van der Waals surface area contributed by atoms with Crippen molar-refractivity contribution >= 4 is 5.91 Å². The molecule has 0 unspecified atom stereocenters. The molecule has 3 heteroatoms. The van der Waals surface area contributed by atoms with Crippen molar-refractivity contribution in [3.63, 3.8) is 0 Å². The van der Waals surface area contributed by atoms with Gasteiger partial charge >= 0.3 is 0 Å². The van der Waals surface area contributed by atoms with Crippen LogP contribution >= 0.6 is 0 Å². The van der Waals surface area contributed by atoms with Gasteiger partial charge in [0, 0.05) is 13.2 Å². The number of amides is 1. The second-order valence-corrected chi connectivity index (χ2v) is 3.50. The van der Waals surface area contributed by atoms with Gasteiger partial charge in [0.15, 0.2) is 0 Å². The van der Waals surface area contributed by atoms with Gasteiger partial charge < -0.3 is 10.1 Å². The number of ether oxygens (including phenoxy) is 1. The largest absolute Gasteiger partial charge is 0.368 e. The zero-order valence-corrected chi connectivity index (χ0v) is 8.34. The van der Waals surface area contributed by atoms with E-state index in [1.165, 1.54) is 12.8 Å². The molecule has 1 rings (SSSR count). The Morgan fingerprint density at radius 3 is 3.00 bits per heavy atom. The van der Waals surface area contributed by atoms with E-state index >= 15 is 0 Å². The summed E-state index contributed by atoms with van der Waals surface area (Å²) in [5.74, 6) is 0.0774.